The number of hydrogen-bond donors (Lipinski definition) is 1. The number of likely N-dealkylation sites (tertiary alicyclic amines) is 1. The number of amides is 2. The lowest BCUT2D eigenvalue weighted by Crippen LogP contribution is -2.49. The van der Waals surface area contributed by atoms with Gasteiger partial charge in [-0.15, -0.1) is 0 Å². The lowest BCUT2D eigenvalue weighted by Gasteiger charge is -2.36. The molecule has 222 valence electrons. The molecule has 2 aliphatic rings. The number of hydrogen-bond acceptors (Lipinski definition) is 6. The molecular formula is C33H39ClN4O4. The number of rotatable bonds is 10. The fourth-order valence-corrected chi connectivity index (χ4v) is 5.87. The van der Waals surface area contributed by atoms with Gasteiger partial charge in [-0.1, -0.05) is 23.7 Å². The van der Waals surface area contributed by atoms with Crippen LogP contribution in [0.15, 0.2) is 60.7 Å². The number of nitrogens with zero attached hydrogens (tertiary/aromatic N) is 3. The van der Waals surface area contributed by atoms with Crippen molar-refractivity contribution < 1.29 is 19.1 Å². The Bertz CT molecular complexity index is 1360. The van der Waals surface area contributed by atoms with Gasteiger partial charge in [-0.3, -0.25) is 14.5 Å². The maximum atomic E-state index is 13.1. The Morgan fingerprint density at radius 2 is 1.48 bits per heavy atom. The zero-order chi connectivity index (χ0) is 29.5. The fraction of sp³-hybridized carbons (Fsp3) is 0.394. The van der Waals surface area contributed by atoms with Gasteiger partial charge in [0.05, 0.1) is 20.6 Å². The Balaban J connectivity index is 1.09. The first-order valence-corrected chi connectivity index (χ1v) is 14.9. The average molecular weight is 591 g/mol. The van der Waals surface area contributed by atoms with Gasteiger partial charge < -0.3 is 24.6 Å². The molecule has 0 atom stereocenters. The van der Waals surface area contributed by atoms with Crippen LogP contribution in [0.25, 0.3) is 0 Å². The van der Waals surface area contributed by atoms with Crippen LogP contribution in [-0.4, -0.2) is 75.1 Å². The van der Waals surface area contributed by atoms with Gasteiger partial charge in [0.2, 0.25) is 5.91 Å². The second-order valence-corrected chi connectivity index (χ2v) is 11.3. The van der Waals surface area contributed by atoms with E-state index in [1.54, 1.807) is 20.3 Å². The first kappa shape index (κ1) is 29.7. The van der Waals surface area contributed by atoms with Crippen molar-refractivity contribution in [2.45, 2.75) is 32.4 Å². The van der Waals surface area contributed by atoms with Crippen molar-refractivity contribution >= 4 is 29.1 Å². The van der Waals surface area contributed by atoms with Crippen molar-refractivity contribution in [2.75, 3.05) is 58.4 Å². The summed E-state index contributed by atoms with van der Waals surface area (Å²) < 4.78 is 10.6. The van der Waals surface area contributed by atoms with Crippen LogP contribution in [-0.2, 0) is 24.3 Å². The first-order valence-electron chi connectivity index (χ1n) is 14.5. The molecule has 0 unspecified atom stereocenters. The molecule has 3 aromatic rings. The number of carbonyl (C=O) groups excluding carboxylic acids is 2. The van der Waals surface area contributed by atoms with E-state index in [9.17, 15) is 9.59 Å². The van der Waals surface area contributed by atoms with Crippen LogP contribution in [0.2, 0.25) is 5.02 Å². The van der Waals surface area contributed by atoms with Crippen LogP contribution in [0, 0.1) is 0 Å². The summed E-state index contributed by atoms with van der Waals surface area (Å²) in [6, 6.07) is 19.3. The number of piperazine rings is 1. The molecule has 2 fully saturated rings. The molecule has 2 amide bonds. The van der Waals surface area contributed by atoms with Crippen molar-refractivity contribution in [2.24, 2.45) is 0 Å². The first-order chi connectivity index (χ1) is 20.4. The van der Waals surface area contributed by atoms with E-state index in [2.05, 4.69) is 21.2 Å². The quantitative estimate of drug-likeness (QED) is 0.367. The zero-order valence-electron chi connectivity index (χ0n) is 24.4. The molecule has 0 aromatic heterocycles. The van der Waals surface area contributed by atoms with Gasteiger partial charge in [-0.05, 0) is 85.1 Å². The van der Waals surface area contributed by atoms with Gasteiger partial charge in [-0.25, -0.2) is 0 Å². The van der Waals surface area contributed by atoms with E-state index in [0.29, 0.717) is 48.1 Å². The highest BCUT2D eigenvalue weighted by molar-refractivity contribution is 6.31. The minimum absolute atomic E-state index is 0.101. The lowest BCUT2D eigenvalue weighted by atomic mass is 10.1. The van der Waals surface area contributed by atoms with Crippen molar-refractivity contribution in [3.8, 4) is 11.5 Å². The monoisotopic (exact) mass is 590 g/mol. The maximum Gasteiger partial charge on any atom is 0.251 e. The Kier molecular flexibility index (Phi) is 9.87. The van der Waals surface area contributed by atoms with Gasteiger partial charge in [-0.2, -0.15) is 0 Å². The summed E-state index contributed by atoms with van der Waals surface area (Å²) in [7, 11) is 3.20. The molecule has 5 rings (SSSR count). The molecule has 0 spiro atoms. The van der Waals surface area contributed by atoms with Gasteiger partial charge >= 0.3 is 0 Å². The van der Waals surface area contributed by atoms with Crippen LogP contribution < -0.4 is 19.7 Å². The molecule has 2 heterocycles. The lowest BCUT2D eigenvalue weighted by molar-refractivity contribution is -0.130. The SMILES string of the molecule is COc1cc(CNC(=O)c2ccc(N3CCN(C(=O)Cc4ccc(CN5CCCC5)cc4Cl)CC3)cc2)cc(OC)c1. The molecule has 9 heteroatoms. The maximum absolute atomic E-state index is 13.1. The van der Waals surface area contributed by atoms with Gasteiger partial charge in [0.25, 0.3) is 5.91 Å². The topological polar surface area (TPSA) is 74.4 Å². The number of methoxy groups -OCH3 is 2. The third kappa shape index (κ3) is 7.55. The zero-order valence-corrected chi connectivity index (χ0v) is 25.2. The highest BCUT2D eigenvalue weighted by Gasteiger charge is 2.22. The van der Waals surface area contributed by atoms with Crippen molar-refractivity contribution in [1.29, 1.82) is 0 Å². The van der Waals surface area contributed by atoms with Crippen LogP contribution in [0.4, 0.5) is 5.69 Å². The molecule has 0 radical (unpaired) electrons. The van der Waals surface area contributed by atoms with Crippen LogP contribution in [0.5, 0.6) is 11.5 Å². The summed E-state index contributed by atoms with van der Waals surface area (Å²) in [4.78, 5) is 32.4. The summed E-state index contributed by atoms with van der Waals surface area (Å²) >= 11 is 6.58. The molecule has 0 aliphatic carbocycles. The average Bonchev–Trinajstić information content (AvgIpc) is 3.54. The summed E-state index contributed by atoms with van der Waals surface area (Å²) in [5, 5.41) is 3.63. The summed E-state index contributed by atoms with van der Waals surface area (Å²) in [6.45, 7) is 6.33. The summed E-state index contributed by atoms with van der Waals surface area (Å²) in [6.07, 6.45) is 2.84. The molecule has 42 heavy (non-hydrogen) atoms. The number of nitrogens with one attached hydrogen (secondary N) is 1. The Hall–Kier alpha value is -3.75. The Morgan fingerprint density at radius 1 is 0.810 bits per heavy atom. The molecule has 3 aromatic carbocycles. The van der Waals surface area contributed by atoms with E-state index < -0.39 is 0 Å². The second-order valence-electron chi connectivity index (χ2n) is 10.9. The number of anilines is 1. The second kappa shape index (κ2) is 13.9. The predicted molar refractivity (Wildman–Crippen MR) is 166 cm³/mol. The van der Waals surface area contributed by atoms with Crippen molar-refractivity contribution in [3.05, 3.63) is 87.9 Å². The van der Waals surface area contributed by atoms with Crippen molar-refractivity contribution in [1.82, 2.24) is 15.1 Å². The molecule has 2 saturated heterocycles. The number of halogens is 1. The molecular weight excluding hydrogens is 552 g/mol. The standard InChI is InChI=1S/C33H39ClN4O4/c1-41-29-17-25(18-30(21-29)42-2)22-35-33(40)26-7-9-28(10-8-26)37-13-15-38(16-14-37)32(39)20-27-6-5-24(19-31(27)34)23-36-11-3-4-12-36/h5-10,17-19,21H,3-4,11-16,20,22-23H2,1-2H3,(H,35,40). The Morgan fingerprint density at radius 3 is 2.10 bits per heavy atom. The van der Waals surface area contributed by atoms with E-state index in [-0.39, 0.29) is 11.8 Å². The minimum Gasteiger partial charge on any atom is -0.497 e. The third-order valence-electron chi connectivity index (χ3n) is 8.06. The molecule has 1 N–H and O–H groups in total. The third-order valence-corrected chi connectivity index (χ3v) is 8.41. The van der Waals surface area contributed by atoms with Crippen LogP contribution in [0.1, 0.15) is 39.9 Å². The van der Waals surface area contributed by atoms with Crippen molar-refractivity contribution in [3.63, 3.8) is 0 Å². The van der Waals surface area contributed by atoms with Crippen LogP contribution >= 0.6 is 11.6 Å². The smallest absolute Gasteiger partial charge is 0.251 e. The van der Waals surface area contributed by atoms with Gasteiger partial charge in [0.1, 0.15) is 11.5 Å². The number of ether oxygens (including phenoxy) is 2. The van der Waals surface area contributed by atoms with E-state index in [1.807, 2.05) is 53.4 Å². The van der Waals surface area contributed by atoms with E-state index in [4.69, 9.17) is 21.1 Å². The van der Waals surface area contributed by atoms with E-state index >= 15 is 0 Å². The largest absolute Gasteiger partial charge is 0.497 e. The van der Waals surface area contributed by atoms with Crippen LogP contribution in [0.3, 0.4) is 0 Å². The highest BCUT2D eigenvalue weighted by Crippen LogP contribution is 2.24. The summed E-state index contributed by atoms with van der Waals surface area (Å²) in [5.41, 5.74) is 4.60. The van der Waals surface area contributed by atoms with E-state index in [1.165, 1.54) is 18.4 Å². The molecule has 0 bridgehead atoms. The molecule has 0 saturated carbocycles. The normalized spacial score (nSPS) is 15.5. The van der Waals surface area contributed by atoms with Gasteiger partial charge in [0, 0.05) is 61.6 Å². The predicted octanol–water partition coefficient (Wildman–Crippen LogP) is 4.77. The number of benzene rings is 3. The number of carbonyl (C=O) groups is 2. The van der Waals surface area contributed by atoms with E-state index in [0.717, 1.165) is 49.5 Å². The molecule has 2 aliphatic heterocycles. The minimum atomic E-state index is -0.151. The highest BCUT2D eigenvalue weighted by atomic mass is 35.5. The Labute approximate surface area is 253 Å². The molecule has 8 nitrogen and oxygen atoms in total. The van der Waals surface area contributed by atoms with Gasteiger partial charge in [0.15, 0.2) is 0 Å². The summed E-state index contributed by atoms with van der Waals surface area (Å²) in [5.74, 6) is 1.30. The fourth-order valence-electron chi connectivity index (χ4n) is 5.60.